The monoisotopic (exact) mass is 263 g/mol. The normalized spacial score (nSPS) is 31.2. The molecule has 1 saturated heterocycles. The van der Waals surface area contributed by atoms with Crippen molar-refractivity contribution in [2.75, 3.05) is 13.1 Å². The van der Waals surface area contributed by atoms with E-state index >= 15 is 0 Å². The third-order valence-electron chi connectivity index (χ3n) is 5.66. The van der Waals surface area contributed by atoms with Crippen molar-refractivity contribution in [1.82, 2.24) is 9.88 Å². The highest BCUT2D eigenvalue weighted by atomic mass is 15.2. The van der Waals surface area contributed by atoms with Gasteiger partial charge in [0.05, 0.1) is 6.57 Å². The van der Waals surface area contributed by atoms with Crippen molar-refractivity contribution < 1.29 is 0 Å². The second-order valence-corrected chi connectivity index (χ2v) is 6.62. The Hall–Kier alpha value is -1.79. The van der Waals surface area contributed by atoms with Gasteiger partial charge in [-0.3, -0.25) is 4.90 Å². The first-order chi connectivity index (χ1) is 9.83. The Kier molecular flexibility index (Phi) is 1.99. The van der Waals surface area contributed by atoms with Crippen LogP contribution in [-0.2, 0) is 6.42 Å². The molecule has 2 aliphatic heterocycles. The van der Waals surface area contributed by atoms with E-state index in [-0.39, 0.29) is 0 Å². The van der Waals surface area contributed by atoms with Crippen molar-refractivity contribution in [1.29, 1.82) is 0 Å². The summed E-state index contributed by atoms with van der Waals surface area (Å²) in [5.74, 6) is 1.62. The maximum atomic E-state index is 7.22. The third kappa shape index (κ3) is 1.28. The molecule has 0 radical (unpaired) electrons. The second-order valence-electron chi connectivity index (χ2n) is 6.62. The molecule has 3 atom stereocenters. The molecule has 100 valence electrons. The highest BCUT2D eigenvalue weighted by Gasteiger charge is 2.47. The number of aromatic nitrogens is 1. The van der Waals surface area contributed by atoms with Crippen LogP contribution in [0, 0.1) is 12.5 Å². The van der Waals surface area contributed by atoms with E-state index in [0.717, 1.165) is 24.1 Å². The van der Waals surface area contributed by atoms with Crippen LogP contribution in [0.3, 0.4) is 0 Å². The van der Waals surface area contributed by atoms with E-state index < -0.39 is 0 Å². The Bertz CT molecular complexity index is 751. The topological polar surface area (TPSA) is 23.4 Å². The molecule has 1 aliphatic carbocycles. The standard InChI is InChI=1S/C17H17N3/c1-18-11-2-3-15-13(8-11)12-4-5-20-9-10-6-14(16(20)7-10)17(12)19-15/h2-3,8,10,14,16,19H,4-7,9H2/t10-,14+,16-/m0/s1. The van der Waals surface area contributed by atoms with Crippen LogP contribution in [0.4, 0.5) is 5.69 Å². The quantitative estimate of drug-likeness (QED) is 0.723. The average molecular weight is 263 g/mol. The molecule has 5 rings (SSSR count). The van der Waals surface area contributed by atoms with E-state index in [4.69, 9.17) is 6.57 Å². The number of benzene rings is 1. The molecule has 3 heteroatoms. The van der Waals surface area contributed by atoms with Crippen LogP contribution >= 0.6 is 0 Å². The minimum Gasteiger partial charge on any atom is -0.358 e. The number of nitrogens with one attached hydrogen (secondary N) is 1. The van der Waals surface area contributed by atoms with Crippen molar-refractivity contribution in [3.05, 3.63) is 40.9 Å². The average Bonchev–Trinajstić information content (AvgIpc) is 3.14. The van der Waals surface area contributed by atoms with Crippen LogP contribution in [0.15, 0.2) is 18.2 Å². The highest BCUT2D eigenvalue weighted by Crippen LogP contribution is 2.50. The summed E-state index contributed by atoms with van der Waals surface area (Å²) in [6.45, 7) is 9.73. The van der Waals surface area contributed by atoms with Gasteiger partial charge in [0, 0.05) is 36.3 Å². The SMILES string of the molecule is [C-]#[N+]c1ccc2[nH]c3c(c2c1)CCN1C[C@H]2C[C@@H]3[C@@H]1C2. The summed E-state index contributed by atoms with van der Waals surface area (Å²) in [7, 11) is 0. The lowest BCUT2D eigenvalue weighted by molar-refractivity contribution is 0.201. The predicted molar refractivity (Wildman–Crippen MR) is 79.1 cm³/mol. The van der Waals surface area contributed by atoms with Crippen LogP contribution in [0.1, 0.15) is 30.0 Å². The Labute approximate surface area is 118 Å². The van der Waals surface area contributed by atoms with Crippen LogP contribution in [0.2, 0.25) is 0 Å². The molecule has 2 bridgehead atoms. The van der Waals surface area contributed by atoms with Gasteiger partial charge in [0.1, 0.15) is 0 Å². The Morgan fingerprint density at radius 2 is 2.25 bits per heavy atom. The maximum absolute atomic E-state index is 7.22. The van der Waals surface area contributed by atoms with Gasteiger partial charge in [0.25, 0.3) is 0 Å². The second kappa shape index (κ2) is 3.65. The number of rotatable bonds is 0. The third-order valence-corrected chi connectivity index (χ3v) is 5.66. The van der Waals surface area contributed by atoms with E-state index in [1.165, 1.54) is 48.1 Å². The summed E-state index contributed by atoms with van der Waals surface area (Å²) in [4.78, 5) is 9.98. The minimum absolute atomic E-state index is 0.704. The van der Waals surface area contributed by atoms with Gasteiger partial charge in [0.2, 0.25) is 0 Å². The van der Waals surface area contributed by atoms with Crippen molar-refractivity contribution in [3.8, 4) is 0 Å². The minimum atomic E-state index is 0.704. The van der Waals surface area contributed by atoms with E-state index in [2.05, 4.69) is 26.9 Å². The van der Waals surface area contributed by atoms with Crippen molar-refractivity contribution in [2.24, 2.45) is 5.92 Å². The number of aromatic amines is 1. The Morgan fingerprint density at radius 3 is 3.10 bits per heavy atom. The number of hydrogen-bond acceptors (Lipinski definition) is 1. The molecule has 1 aromatic carbocycles. The number of nitrogens with zero attached hydrogens (tertiary/aromatic N) is 2. The van der Waals surface area contributed by atoms with E-state index in [9.17, 15) is 0 Å². The Morgan fingerprint density at radius 1 is 1.30 bits per heavy atom. The van der Waals surface area contributed by atoms with Gasteiger partial charge in [-0.25, -0.2) is 4.85 Å². The fourth-order valence-corrected chi connectivity index (χ4v) is 4.87. The van der Waals surface area contributed by atoms with E-state index in [0.29, 0.717) is 5.92 Å². The van der Waals surface area contributed by atoms with Crippen molar-refractivity contribution in [2.45, 2.75) is 31.2 Å². The molecule has 3 aliphatic rings. The fraction of sp³-hybridized carbons (Fsp3) is 0.471. The maximum Gasteiger partial charge on any atom is 0.187 e. The first-order valence-corrected chi connectivity index (χ1v) is 7.59. The van der Waals surface area contributed by atoms with Crippen LogP contribution in [0.5, 0.6) is 0 Å². The summed E-state index contributed by atoms with van der Waals surface area (Å²) < 4.78 is 0. The van der Waals surface area contributed by atoms with Gasteiger partial charge in [0.15, 0.2) is 5.69 Å². The lowest BCUT2D eigenvalue weighted by Gasteiger charge is -2.30. The fourth-order valence-electron chi connectivity index (χ4n) is 4.87. The largest absolute Gasteiger partial charge is 0.358 e. The molecule has 1 saturated carbocycles. The summed E-state index contributed by atoms with van der Waals surface area (Å²) in [5, 5.41) is 1.29. The molecular weight excluding hydrogens is 246 g/mol. The molecule has 1 aromatic heterocycles. The molecule has 0 amide bonds. The number of piperidine rings is 1. The van der Waals surface area contributed by atoms with Crippen molar-refractivity contribution >= 4 is 16.6 Å². The lowest BCUT2D eigenvalue weighted by Crippen LogP contribution is -2.36. The van der Waals surface area contributed by atoms with E-state index in [1.807, 2.05) is 6.07 Å². The molecule has 2 aromatic rings. The number of fused-ring (bicyclic) bond motifs is 5. The van der Waals surface area contributed by atoms with Gasteiger partial charge >= 0.3 is 0 Å². The summed E-state index contributed by atoms with van der Waals surface area (Å²) in [6, 6.07) is 6.86. The van der Waals surface area contributed by atoms with Crippen LogP contribution in [-0.4, -0.2) is 29.0 Å². The molecule has 1 N–H and O–H groups in total. The van der Waals surface area contributed by atoms with Gasteiger partial charge in [-0.05, 0) is 48.3 Å². The molecular formula is C17H17N3. The van der Waals surface area contributed by atoms with Gasteiger partial charge in [-0.15, -0.1) is 0 Å². The Balaban J connectivity index is 1.74. The number of hydrogen-bond donors (Lipinski definition) is 1. The molecule has 0 unspecified atom stereocenters. The number of H-pyrrole nitrogens is 1. The summed E-state index contributed by atoms with van der Waals surface area (Å²) in [5.41, 5.74) is 4.96. The first-order valence-electron chi connectivity index (χ1n) is 7.59. The van der Waals surface area contributed by atoms with Gasteiger partial charge in [-0.1, -0.05) is 6.07 Å². The molecule has 20 heavy (non-hydrogen) atoms. The molecule has 2 fully saturated rings. The van der Waals surface area contributed by atoms with E-state index in [1.54, 1.807) is 0 Å². The molecule has 0 spiro atoms. The van der Waals surface area contributed by atoms with Crippen molar-refractivity contribution in [3.63, 3.8) is 0 Å². The predicted octanol–water partition coefficient (Wildman–Crippen LogP) is 3.45. The molecule has 3 nitrogen and oxygen atoms in total. The zero-order valence-electron chi connectivity index (χ0n) is 11.4. The lowest BCUT2D eigenvalue weighted by atomic mass is 9.93. The smallest absolute Gasteiger partial charge is 0.187 e. The van der Waals surface area contributed by atoms with Gasteiger partial charge < -0.3 is 4.98 Å². The summed E-state index contributed by atoms with van der Waals surface area (Å²) in [6.07, 6.45) is 3.89. The highest BCUT2D eigenvalue weighted by molar-refractivity contribution is 5.88. The van der Waals surface area contributed by atoms with Crippen LogP contribution in [0.25, 0.3) is 15.7 Å². The van der Waals surface area contributed by atoms with Crippen LogP contribution < -0.4 is 0 Å². The summed E-state index contributed by atoms with van der Waals surface area (Å²) >= 11 is 0. The van der Waals surface area contributed by atoms with Gasteiger partial charge in [-0.2, -0.15) is 0 Å². The zero-order chi connectivity index (χ0) is 13.3. The zero-order valence-corrected chi connectivity index (χ0v) is 11.4. The first kappa shape index (κ1) is 10.9. The molecule has 3 heterocycles.